The van der Waals surface area contributed by atoms with Crippen LogP contribution < -0.4 is 10.6 Å². The molecule has 0 bridgehead atoms. The summed E-state index contributed by atoms with van der Waals surface area (Å²) < 4.78 is 37.9. The molecule has 190 valence electrons. The van der Waals surface area contributed by atoms with Gasteiger partial charge in [0.05, 0.1) is 18.0 Å². The van der Waals surface area contributed by atoms with Crippen LogP contribution in [0.4, 0.5) is 18.4 Å². The average Bonchev–Trinajstić information content (AvgIpc) is 2.71. The van der Waals surface area contributed by atoms with E-state index in [9.17, 15) is 23.2 Å². The summed E-state index contributed by atoms with van der Waals surface area (Å²) in [5.41, 5.74) is -0.849. The van der Waals surface area contributed by atoms with E-state index in [4.69, 9.17) is 9.47 Å². The van der Waals surface area contributed by atoms with Gasteiger partial charge in [-0.05, 0) is 76.9 Å². The number of carbonyl (C=O) groups is 3. The topological polar surface area (TPSA) is 93.7 Å². The van der Waals surface area contributed by atoms with Gasteiger partial charge in [-0.2, -0.15) is 0 Å². The van der Waals surface area contributed by atoms with Crippen molar-refractivity contribution < 1.29 is 32.6 Å². The number of amides is 2. The number of halogens is 2. The zero-order chi connectivity index (χ0) is 26.4. The maximum atomic E-state index is 13.6. The molecule has 2 atom stereocenters. The minimum atomic E-state index is -1.11. The Morgan fingerprint density at radius 3 is 1.29 bits per heavy atom. The van der Waals surface area contributed by atoms with Crippen LogP contribution in [-0.4, -0.2) is 29.7 Å². The van der Waals surface area contributed by atoms with Gasteiger partial charge in [0.25, 0.3) is 0 Å². The smallest absolute Gasteiger partial charge is 0.408 e. The van der Waals surface area contributed by atoms with E-state index in [1.54, 1.807) is 41.5 Å². The van der Waals surface area contributed by atoms with Crippen molar-refractivity contribution in [3.05, 3.63) is 71.3 Å². The normalized spacial score (nSPS) is 13.5. The third-order valence-corrected chi connectivity index (χ3v) is 4.73. The highest BCUT2D eigenvalue weighted by Crippen LogP contribution is 2.33. The molecule has 2 amide bonds. The van der Waals surface area contributed by atoms with Crippen LogP contribution in [0.5, 0.6) is 0 Å². The van der Waals surface area contributed by atoms with Gasteiger partial charge < -0.3 is 24.9 Å². The summed E-state index contributed by atoms with van der Waals surface area (Å²) in [6, 6.07) is 8.37. The molecule has 0 unspecified atom stereocenters. The summed E-state index contributed by atoms with van der Waals surface area (Å²) in [5.74, 6) is -2.12. The molecule has 9 heteroatoms. The fraction of sp³-hybridized carbons (Fsp3) is 0.423. The number of hydrogen-bond acceptors (Lipinski definition) is 5. The van der Waals surface area contributed by atoms with Gasteiger partial charge in [0.15, 0.2) is 0 Å². The second kappa shape index (κ2) is 11.3. The molecule has 7 nitrogen and oxygen atoms in total. The molecule has 0 heterocycles. The number of rotatable bonds is 7. The highest BCUT2D eigenvalue weighted by molar-refractivity contribution is 5.72. The Kier molecular flexibility index (Phi) is 8.95. The molecular weight excluding hydrogens is 458 g/mol. The zero-order valence-electron chi connectivity index (χ0n) is 20.7. The molecule has 0 saturated carbocycles. The lowest BCUT2D eigenvalue weighted by atomic mass is 9.84. The largest absolute Gasteiger partial charge is 0.444 e. The lowest BCUT2D eigenvalue weighted by molar-refractivity contribution is -0.112. The molecule has 35 heavy (non-hydrogen) atoms. The first-order valence-corrected chi connectivity index (χ1v) is 11.1. The van der Waals surface area contributed by atoms with Crippen LogP contribution in [0.2, 0.25) is 0 Å². The van der Waals surface area contributed by atoms with Crippen LogP contribution in [-0.2, 0) is 14.3 Å². The minimum Gasteiger partial charge on any atom is -0.444 e. The number of nitrogens with one attached hydrogen (secondary N) is 2. The van der Waals surface area contributed by atoms with Crippen LogP contribution in [0.15, 0.2) is 48.5 Å². The summed E-state index contributed by atoms with van der Waals surface area (Å²) in [7, 11) is 0. The SMILES string of the molecule is CC(C)(C)OC(=O)N[C@H](c1ccc(F)cc1)C(C=O)[C@H](NC(=O)OC(C)(C)C)c1ccc(F)cc1. The number of ether oxygens (including phenoxy) is 2. The molecule has 2 aromatic rings. The maximum Gasteiger partial charge on any atom is 0.408 e. The van der Waals surface area contributed by atoms with Crippen LogP contribution in [0.3, 0.4) is 0 Å². The summed E-state index contributed by atoms with van der Waals surface area (Å²) in [5, 5.41) is 5.32. The predicted molar refractivity (Wildman–Crippen MR) is 127 cm³/mol. The van der Waals surface area contributed by atoms with Crippen LogP contribution in [0, 0.1) is 17.6 Å². The number of aldehydes is 1. The predicted octanol–water partition coefficient (Wildman–Crippen LogP) is 5.61. The van der Waals surface area contributed by atoms with Crippen molar-refractivity contribution in [1.82, 2.24) is 10.6 Å². The number of benzene rings is 2. The molecule has 0 radical (unpaired) electrons. The molecule has 2 aromatic carbocycles. The average molecular weight is 491 g/mol. The van der Waals surface area contributed by atoms with Crippen molar-refractivity contribution in [2.45, 2.75) is 64.8 Å². The van der Waals surface area contributed by atoms with Gasteiger partial charge in [0.2, 0.25) is 0 Å². The van der Waals surface area contributed by atoms with Crippen LogP contribution >= 0.6 is 0 Å². The second-order valence-corrected chi connectivity index (χ2v) is 10.1. The van der Waals surface area contributed by atoms with Crippen molar-refractivity contribution in [3.8, 4) is 0 Å². The third kappa shape index (κ3) is 8.99. The summed E-state index contributed by atoms with van der Waals surface area (Å²) in [6.45, 7) is 10.1. The fourth-order valence-corrected chi connectivity index (χ4v) is 3.36. The fourth-order valence-electron chi connectivity index (χ4n) is 3.36. The summed E-state index contributed by atoms with van der Waals surface area (Å²) in [4.78, 5) is 37.8. The van der Waals surface area contributed by atoms with Gasteiger partial charge in [-0.3, -0.25) is 0 Å². The van der Waals surface area contributed by atoms with Crippen molar-refractivity contribution >= 4 is 18.5 Å². The van der Waals surface area contributed by atoms with Crippen molar-refractivity contribution in [1.29, 1.82) is 0 Å². The van der Waals surface area contributed by atoms with E-state index in [2.05, 4.69) is 10.6 Å². The Morgan fingerprint density at radius 2 is 1.03 bits per heavy atom. The highest BCUT2D eigenvalue weighted by atomic mass is 19.1. The number of hydrogen-bond donors (Lipinski definition) is 2. The molecule has 0 spiro atoms. The monoisotopic (exact) mass is 490 g/mol. The lowest BCUT2D eigenvalue weighted by Crippen LogP contribution is -2.44. The Morgan fingerprint density at radius 1 is 0.714 bits per heavy atom. The van der Waals surface area contributed by atoms with Gasteiger partial charge in [0.1, 0.15) is 29.1 Å². The molecule has 0 aliphatic rings. The minimum absolute atomic E-state index is 0.396. The Labute approximate surface area is 204 Å². The van der Waals surface area contributed by atoms with Crippen LogP contribution in [0.1, 0.15) is 64.8 Å². The molecule has 0 fully saturated rings. The third-order valence-electron chi connectivity index (χ3n) is 4.73. The van der Waals surface area contributed by atoms with Gasteiger partial charge in [0, 0.05) is 0 Å². The molecule has 0 aromatic heterocycles. The summed E-state index contributed by atoms with van der Waals surface area (Å²) >= 11 is 0. The van der Waals surface area contributed by atoms with Crippen molar-refractivity contribution in [2.24, 2.45) is 5.92 Å². The lowest BCUT2D eigenvalue weighted by Gasteiger charge is -2.33. The van der Waals surface area contributed by atoms with Crippen molar-refractivity contribution in [3.63, 3.8) is 0 Å². The first-order valence-electron chi connectivity index (χ1n) is 11.1. The standard InChI is InChI=1S/C26H32F2N2O5/c1-25(2,3)34-23(32)29-21(16-7-11-18(27)12-8-16)20(15-31)22(17-9-13-19(28)14-10-17)30-24(33)35-26(4,5)6/h7-15,20-22H,1-6H3,(H,29,32)(H,30,33)/t21-,22-/m1/s1. The molecule has 2 rings (SSSR count). The molecule has 0 aliphatic carbocycles. The van der Waals surface area contributed by atoms with Gasteiger partial charge in [-0.25, -0.2) is 18.4 Å². The maximum absolute atomic E-state index is 13.6. The molecular formula is C26H32F2N2O5. The van der Waals surface area contributed by atoms with Gasteiger partial charge in [-0.15, -0.1) is 0 Å². The second-order valence-electron chi connectivity index (χ2n) is 10.1. The number of carbonyl (C=O) groups excluding carboxylic acids is 3. The van der Waals surface area contributed by atoms with Gasteiger partial charge in [-0.1, -0.05) is 24.3 Å². The highest BCUT2D eigenvalue weighted by Gasteiger charge is 2.36. The quantitative estimate of drug-likeness (QED) is 0.492. The first kappa shape index (κ1) is 27.8. The van der Waals surface area contributed by atoms with Gasteiger partial charge >= 0.3 is 12.2 Å². The van der Waals surface area contributed by atoms with E-state index < -0.39 is 53.0 Å². The Bertz CT molecular complexity index is 933. The number of alkyl carbamates (subject to hydrolysis) is 2. The van der Waals surface area contributed by atoms with E-state index >= 15 is 0 Å². The Hall–Kier alpha value is -3.49. The zero-order valence-corrected chi connectivity index (χ0v) is 20.7. The van der Waals surface area contributed by atoms with E-state index in [1.165, 1.54) is 48.5 Å². The first-order chi connectivity index (χ1) is 16.2. The summed E-state index contributed by atoms with van der Waals surface area (Å²) in [6.07, 6.45) is -1.06. The van der Waals surface area contributed by atoms with Crippen LogP contribution in [0.25, 0.3) is 0 Å². The Balaban J connectivity index is 2.53. The van der Waals surface area contributed by atoms with Crippen molar-refractivity contribution in [2.75, 3.05) is 0 Å². The molecule has 0 aliphatic heterocycles. The van der Waals surface area contributed by atoms with E-state index in [1.807, 2.05) is 0 Å². The van der Waals surface area contributed by atoms with E-state index in [-0.39, 0.29) is 0 Å². The molecule has 2 N–H and O–H groups in total. The van der Waals surface area contributed by atoms with E-state index in [0.717, 1.165) is 0 Å². The van der Waals surface area contributed by atoms with E-state index in [0.29, 0.717) is 17.4 Å². The molecule has 0 saturated heterocycles.